The summed E-state index contributed by atoms with van der Waals surface area (Å²) in [7, 11) is 0. The molecular formula is C9H14O. The predicted molar refractivity (Wildman–Crippen MR) is 41.3 cm³/mol. The van der Waals surface area contributed by atoms with Crippen LogP contribution < -0.4 is 0 Å². The highest BCUT2D eigenvalue weighted by atomic mass is 16.5. The van der Waals surface area contributed by atoms with Crippen molar-refractivity contribution in [2.75, 3.05) is 0 Å². The zero-order chi connectivity index (χ0) is 7.40. The SMILES string of the molecule is C#COC1CCCC(C)C1. The molecule has 0 aliphatic heterocycles. The lowest BCUT2D eigenvalue weighted by Crippen LogP contribution is -2.19. The van der Waals surface area contributed by atoms with Crippen LogP contribution in [0.5, 0.6) is 0 Å². The minimum Gasteiger partial charge on any atom is -0.443 e. The normalized spacial score (nSPS) is 32.8. The lowest BCUT2D eigenvalue weighted by atomic mass is 9.89. The molecule has 2 atom stereocenters. The molecule has 0 spiro atoms. The van der Waals surface area contributed by atoms with Crippen LogP contribution in [-0.4, -0.2) is 6.10 Å². The van der Waals surface area contributed by atoms with Gasteiger partial charge in [-0.15, -0.1) is 0 Å². The molecule has 56 valence electrons. The first-order chi connectivity index (χ1) is 4.83. The molecule has 1 aliphatic rings. The van der Waals surface area contributed by atoms with Gasteiger partial charge in [0.1, 0.15) is 12.2 Å². The summed E-state index contributed by atoms with van der Waals surface area (Å²) < 4.78 is 5.08. The van der Waals surface area contributed by atoms with Gasteiger partial charge in [-0.2, -0.15) is 0 Å². The van der Waals surface area contributed by atoms with Crippen LogP contribution in [0.3, 0.4) is 0 Å². The number of terminal acetylenes is 1. The minimum absolute atomic E-state index is 0.341. The van der Waals surface area contributed by atoms with E-state index in [0.717, 1.165) is 18.8 Å². The highest BCUT2D eigenvalue weighted by molar-refractivity contribution is 4.77. The van der Waals surface area contributed by atoms with Crippen molar-refractivity contribution in [3.8, 4) is 12.5 Å². The maximum atomic E-state index is 5.08. The smallest absolute Gasteiger partial charge is 0.111 e. The van der Waals surface area contributed by atoms with E-state index in [2.05, 4.69) is 13.0 Å². The van der Waals surface area contributed by atoms with E-state index in [1.807, 2.05) is 0 Å². The summed E-state index contributed by atoms with van der Waals surface area (Å²) in [6, 6.07) is 0. The van der Waals surface area contributed by atoms with Gasteiger partial charge in [0.05, 0.1) is 0 Å². The van der Waals surface area contributed by atoms with E-state index >= 15 is 0 Å². The minimum atomic E-state index is 0.341. The van der Waals surface area contributed by atoms with Crippen molar-refractivity contribution in [2.24, 2.45) is 5.92 Å². The second-order valence-corrected chi connectivity index (χ2v) is 3.13. The average Bonchev–Trinajstić information content (AvgIpc) is 1.88. The van der Waals surface area contributed by atoms with Crippen LogP contribution in [0.25, 0.3) is 0 Å². The van der Waals surface area contributed by atoms with E-state index in [4.69, 9.17) is 11.2 Å². The van der Waals surface area contributed by atoms with Gasteiger partial charge in [-0.3, -0.25) is 0 Å². The maximum absolute atomic E-state index is 5.08. The van der Waals surface area contributed by atoms with Crippen LogP contribution in [0.4, 0.5) is 0 Å². The van der Waals surface area contributed by atoms with E-state index in [1.165, 1.54) is 12.8 Å². The Balaban J connectivity index is 2.27. The molecule has 0 aromatic carbocycles. The monoisotopic (exact) mass is 138 g/mol. The zero-order valence-corrected chi connectivity index (χ0v) is 6.47. The van der Waals surface area contributed by atoms with Crippen molar-refractivity contribution in [1.29, 1.82) is 0 Å². The number of hydrogen-bond donors (Lipinski definition) is 0. The summed E-state index contributed by atoms with van der Waals surface area (Å²) in [5.74, 6) is 0.798. The van der Waals surface area contributed by atoms with Crippen molar-refractivity contribution >= 4 is 0 Å². The van der Waals surface area contributed by atoms with Gasteiger partial charge in [-0.05, 0) is 25.2 Å². The summed E-state index contributed by atoms with van der Waals surface area (Å²) >= 11 is 0. The van der Waals surface area contributed by atoms with Crippen molar-refractivity contribution in [3.63, 3.8) is 0 Å². The topological polar surface area (TPSA) is 9.23 Å². The highest BCUT2D eigenvalue weighted by Crippen LogP contribution is 2.25. The predicted octanol–water partition coefficient (Wildman–Crippen LogP) is 2.17. The van der Waals surface area contributed by atoms with Gasteiger partial charge < -0.3 is 4.74 Å². The first-order valence-corrected chi connectivity index (χ1v) is 3.94. The third-order valence-corrected chi connectivity index (χ3v) is 2.12. The van der Waals surface area contributed by atoms with Gasteiger partial charge in [-0.25, -0.2) is 0 Å². The highest BCUT2D eigenvalue weighted by Gasteiger charge is 2.18. The van der Waals surface area contributed by atoms with Crippen LogP contribution in [0.2, 0.25) is 0 Å². The average molecular weight is 138 g/mol. The number of rotatable bonds is 1. The van der Waals surface area contributed by atoms with Crippen molar-refractivity contribution in [1.82, 2.24) is 0 Å². The van der Waals surface area contributed by atoms with E-state index in [-0.39, 0.29) is 0 Å². The molecule has 0 amide bonds. The van der Waals surface area contributed by atoms with E-state index in [1.54, 1.807) is 0 Å². The summed E-state index contributed by atoms with van der Waals surface area (Å²) in [6.45, 7) is 2.26. The van der Waals surface area contributed by atoms with Crippen molar-refractivity contribution in [3.05, 3.63) is 0 Å². The molecule has 0 bridgehead atoms. The molecule has 2 unspecified atom stereocenters. The fourth-order valence-electron chi connectivity index (χ4n) is 1.58. The van der Waals surface area contributed by atoms with Crippen molar-refractivity contribution < 1.29 is 4.74 Å². The van der Waals surface area contributed by atoms with Gasteiger partial charge in [0.2, 0.25) is 0 Å². The second-order valence-electron chi connectivity index (χ2n) is 3.13. The molecule has 1 rings (SSSR count). The molecule has 0 aromatic heterocycles. The van der Waals surface area contributed by atoms with Crippen molar-refractivity contribution in [2.45, 2.75) is 38.7 Å². The second kappa shape index (κ2) is 3.51. The molecule has 1 fully saturated rings. The molecule has 0 radical (unpaired) electrons. The van der Waals surface area contributed by atoms with Crippen LogP contribution in [0, 0.1) is 18.4 Å². The van der Waals surface area contributed by atoms with Gasteiger partial charge in [0, 0.05) is 0 Å². The van der Waals surface area contributed by atoms with Gasteiger partial charge in [-0.1, -0.05) is 19.8 Å². The van der Waals surface area contributed by atoms with E-state index in [0.29, 0.717) is 6.10 Å². The van der Waals surface area contributed by atoms with Crippen LogP contribution in [0.1, 0.15) is 32.6 Å². The fraction of sp³-hybridized carbons (Fsp3) is 0.778. The Morgan fingerprint density at radius 1 is 1.50 bits per heavy atom. The molecule has 0 aromatic rings. The summed E-state index contributed by atoms with van der Waals surface area (Å²) in [5, 5.41) is 0. The summed E-state index contributed by atoms with van der Waals surface area (Å²) in [4.78, 5) is 0. The lowest BCUT2D eigenvalue weighted by Gasteiger charge is -2.24. The Labute approximate surface area is 62.8 Å². The Hall–Kier alpha value is -0.640. The molecule has 1 saturated carbocycles. The Kier molecular flexibility index (Phi) is 2.62. The Bertz CT molecular complexity index is 134. The van der Waals surface area contributed by atoms with Gasteiger partial charge >= 0.3 is 0 Å². The quantitative estimate of drug-likeness (QED) is 0.504. The third kappa shape index (κ3) is 1.95. The Morgan fingerprint density at radius 2 is 2.30 bits per heavy atom. The van der Waals surface area contributed by atoms with Crippen LogP contribution in [0.15, 0.2) is 0 Å². The van der Waals surface area contributed by atoms with Gasteiger partial charge in [0.25, 0.3) is 0 Å². The van der Waals surface area contributed by atoms with Gasteiger partial charge in [0.15, 0.2) is 0 Å². The third-order valence-electron chi connectivity index (χ3n) is 2.12. The Morgan fingerprint density at radius 3 is 2.90 bits per heavy atom. The van der Waals surface area contributed by atoms with Crippen LogP contribution in [-0.2, 0) is 4.74 Å². The molecule has 1 heteroatoms. The summed E-state index contributed by atoms with van der Waals surface area (Å²) in [6.07, 6.45) is 12.5. The lowest BCUT2D eigenvalue weighted by molar-refractivity contribution is 0.102. The van der Waals surface area contributed by atoms with E-state index in [9.17, 15) is 0 Å². The molecule has 1 nitrogen and oxygen atoms in total. The molecule has 10 heavy (non-hydrogen) atoms. The first kappa shape index (κ1) is 7.47. The molecule has 0 saturated heterocycles. The van der Waals surface area contributed by atoms with Crippen LogP contribution >= 0.6 is 0 Å². The zero-order valence-electron chi connectivity index (χ0n) is 6.47. The standard InChI is InChI=1S/C9H14O/c1-3-10-9-6-4-5-8(2)7-9/h1,8-9H,4-7H2,2H3. The molecule has 0 N–H and O–H groups in total. The summed E-state index contributed by atoms with van der Waals surface area (Å²) in [5.41, 5.74) is 0. The maximum Gasteiger partial charge on any atom is 0.111 e. The largest absolute Gasteiger partial charge is 0.443 e. The number of hydrogen-bond acceptors (Lipinski definition) is 1. The fourth-order valence-corrected chi connectivity index (χ4v) is 1.58. The first-order valence-electron chi connectivity index (χ1n) is 3.94. The molecular weight excluding hydrogens is 124 g/mol. The molecule has 0 heterocycles. The number of ether oxygens (including phenoxy) is 1. The van der Waals surface area contributed by atoms with E-state index < -0.39 is 0 Å². The molecule has 1 aliphatic carbocycles.